The summed E-state index contributed by atoms with van der Waals surface area (Å²) in [5, 5.41) is 9.46. The molecule has 82 valence electrons. The van der Waals surface area contributed by atoms with Gasteiger partial charge in [-0.3, -0.25) is 0 Å². The fraction of sp³-hybridized carbons (Fsp3) is 1.00. The Bertz CT molecular complexity index is 328. The molecule has 0 aromatic rings. The number of ether oxygens (including phenoxy) is 1. The molecular weight excluding hydrogens is 206 g/mol. The number of likely N-dealkylation sites (N-methyl/N-ethyl adjacent to an activating group) is 1. The van der Waals surface area contributed by atoms with Gasteiger partial charge in [-0.05, 0) is 12.8 Å². The molecule has 1 N–H and O–H groups in total. The minimum atomic E-state index is -3.19. The second kappa shape index (κ2) is 3.16. The third-order valence-electron chi connectivity index (χ3n) is 3.37. The molecule has 0 amide bonds. The van der Waals surface area contributed by atoms with E-state index in [1.165, 1.54) is 18.5 Å². The molecule has 1 heterocycles. The van der Waals surface area contributed by atoms with E-state index in [2.05, 4.69) is 0 Å². The molecule has 0 spiro atoms. The van der Waals surface area contributed by atoms with Gasteiger partial charge in [0.05, 0.1) is 23.5 Å². The van der Waals surface area contributed by atoms with Crippen LogP contribution in [0.25, 0.3) is 0 Å². The minimum absolute atomic E-state index is 0.302. The summed E-state index contributed by atoms with van der Waals surface area (Å²) in [7, 11) is -0.151. The van der Waals surface area contributed by atoms with E-state index in [1.807, 2.05) is 0 Å². The van der Waals surface area contributed by atoms with Crippen LogP contribution in [0, 0.1) is 0 Å². The maximum Gasteiger partial charge on any atom is 0.217 e. The highest BCUT2D eigenvalue weighted by atomic mass is 32.2. The normalized spacial score (nSPS) is 46.8. The Morgan fingerprint density at radius 2 is 2.07 bits per heavy atom. The second-order valence-electron chi connectivity index (χ2n) is 3.99. The largest absolute Gasteiger partial charge is 0.389 e. The second-order valence-corrected chi connectivity index (χ2v) is 6.26. The average Bonchev–Trinajstić information content (AvgIpc) is 2.33. The zero-order chi connectivity index (χ0) is 10.5. The summed E-state index contributed by atoms with van der Waals surface area (Å²) in [6, 6.07) is -0.302. The van der Waals surface area contributed by atoms with E-state index in [-0.39, 0.29) is 17.4 Å². The lowest BCUT2D eigenvalue weighted by molar-refractivity contribution is -0.0549. The van der Waals surface area contributed by atoms with Crippen molar-refractivity contribution >= 4 is 10.0 Å². The van der Waals surface area contributed by atoms with Crippen LogP contribution >= 0.6 is 0 Å². The third kappa shape index (κ3) is 1.21. The van der Waals surface area contributed by atoms with Crippen molar-refractivity contribution < 1.29 is 18.3 Å². The Labute approximate surface area is 83.7 Å². The van der Waals surface area contributed by atoms with Gasteiger partial charge in [0.1, 0.15) is 0 Å². The van der Waals surface area contributed by atoms with Gasteiger partial charge in [0.15, 0.2) is 0 Å². The average molecular weight is 221 g/mol. The maximum absolute atomic E-state index is 11.7. The van der Waals surface area contributed by atoms with Crippen molar-refractivity contribution in [1.82, 2.24) is 4.31 Å². The number of sulfonamides is 1. The highest BCUT2D eigenvalue weighted by Gasteiger charge is 2.53. The third-order valence-corrected chi connectivity index (χ3v) is 5.67. The fourth-order valence-electron chi connectivity index (χ4n) is 2.42. The van der Waals surface area contributed by atoms with Crippen LogP contribution in [0.1, 0.15) is 12.8 Å². The Balaban J connectivity index is 2.33. The molecule has 4 unspecified atom stereocenters. The Morgan fingerprint density at radius 3 is 2.64 bits per heavy atom. The molecule has 14 heavy (non-hydrogen) atoms. The van der Waals surface area contributed by atoms with Crippen LogP contribution in [-0.4, -0.2) is 55.5 Å². The number of aliphatic hydroxyl groups is 1. The van der Waals surface area contributed by atoms with Gasteiger partial charge in [-0.1, -0.05) is 0 Å². The number of fused-ring (bicyclic) bond motifs is 2. The topological polar surface area (TPSA) is 66.8 Å². The fourth-order valence-corrected chi connectivity index (χ4v) is 4.35. The Hall–Kier alpha value is -0.170. The summed E-state index contributed by atoms with van der Waals surface area (Å²) in [4.78, 5) is 0. The van der Waals surface area contributed by atoms with E-state index in [1.54, 1.807) is 0 Å². The SMILES string of the molecule is COC1CC2CC(C1O)N(C)S2(=O)=O. The van der Waals surface area contributed by atoms with Gasteiger partial charge in [-0.2, -0.15) is 4.31 Å². The van der Waals surface area contributed by atoms with Crippen LogP contribution < -0.4 is 0 Å². The summed E-state index contributed by atoms with van der Waals surface area (Å²) in [5.74, 6) is 0. The minimum Gasteiger partial charge on any atom is -0.389 e. The van der Waals surface area contributed by atoms with Crippen molar-refractivity contribution in [2.75, 3.05) is 14.2 Å². The van der Waals surface area contributed by atoms with E-state index in [0.29, 0.717) is 12.8 Å². The van der Waals surface area contributed by atoms with Crippen LogP contribution in [0.2, 0.25) is 0 Å². The van der Waals surface area contributed by atoms with Gasteiger partial charge in [-0.15, -0.1) is 0 Å². The maximum atomic E-state index is 11.7. The van der Waals surface area contributed by atoms with Crippen molar-refractivity contribution in [2.24, 2.45) is 0 Å². The van der Waals surface area contributed by atoms with Gasteiger partial charge >= 0.3 is 0 Å². The molecule has 0 aromatic heterocycles. The van der Waals surface area contributed by atoms with Crippen molar-refractivity contribution in [1.29, 1.82) is 0 Å². The molecule has 5 nitrogen and oxygen atoms in total. The van der Waals surface area contributed by atoms with E-state index in [9.17, 15) is 13.5 Å². The summed E-state index contributed by atoms with van der Waals surface area (Å²) in [6.45, 7) is 0. The molecule has 1 aliphatic heterocycles. The van der Waals surface area contributed by atoms with Gasteiger partial charge in [0, 0.05) is 14.2 Å². The summed E-state index contributed by atoms with van der Waals surface area (Å²) >= 11 is 0. The standard InChI is InChI=1S/C8H15NO4S/c1-9-6-3-5(14(9,11)12)4-7(13-2)8(6)10/h5-8,10H,3-4H2,1-2H3. The van der Waals surface area contributed by atoms with Gasteiger partial charge < -0.3 is 9.84 Å². The van der Waals surface area contributed by atoms with Gasteiger partial charge in [0.25, 0.3) is 0 Å². The molecule has 2 fully saturated rings. The zero-order valence-corrected chi connectivity index (χ0v) is 9.07. The lowest BCUT2D eigenvalue weighted by Crippen LogP contribution is -2.46. The quantitative estimate of drug-likeness (QED) is 0.627. The monoisotopic (exact) mass is 221 g/mol. The predicted molar refractivity (Wildman–Crippen MR) is 50.3 cm³/mol. The number of hydrogen-bond donors (Lipinski definition) is 1. The first-order chi connectivity index (χ1) is 6.48. The molecule has 0 aromatic carbocycles. The molecular formula is C8H15NO4S. The molecule has 6 heteroatoms. The van der Waals surface area contributed by atoms with E-state index in [4.69, 9.17) is 4.74 Å². The summed E-state index contributed by atoms with van der Waals surface area (Å²) in [6.07, 6.45) is -0.113. The number of rotatable bonds is 1. The highest BCUT2D eigenvalue weighted by Crippen LogP contribution is 2.38. The molecule has 0 radical (unpaired) electrons. The number of aliphatic hydroxyl groups excluding tert-OH is 1. The smallest absolute Gasteiger partial charge is 0.217 e. The van der Waals surface area contributed by atoms with Crippen LogP contribution in [0.4, 0.5) is 0 Å². The first kappa shape index (κ1) is 10.4. The van der Waals surface area contributed by atoms with Crippen LogP contribution in [0.15, 0.2) is 0 Å². The first-order valence-electron chi connectivity index (χ1n) is 4.66. The molecule has 1 saturated carbocycles. The molecule has 2 rings (SSSR count). The van der Waals surface area contributed by atoms with Crippen molar-refractivity contribution in [3.05, 3.63) is 0 Å². The van der Waals surface area contributed by atoms with Crippen molar-refractivity contribution in [3.63, 3.8) is 0 Å². The molecule has 2 bridgehead atoms. The van der Waals surface area contributed by atoms with Crippen molar-refractivity contribution in [2.45, 2.75) is 36.3 Å². The van der Waals surface area contributed by atoms with E-state index in [0.717, 1.165) is 0 Å². The number of methoxy groups -OCH3 is 1. The molecule has 2 aliphatic rings. The first-order valence-corrected chi connectivity index (χ1v) is 6.16. The Morgan fingerprint density at radius 1 is 1.43 bits per heavy atom. The van der Waals surface area contributed by atoms with Crippen LogP contribution in [0.5, 0.6) is 0 Å². The predicted octanol–water partition coefficient (Wildman–Crippen LogP) is -0.831. The zero-order valence-electron chi connectivity index (χ0n) is 8.25. The van der Waals surface area contributed by atoms with Crippen molar-refractivity contribution in [3.8, 4) is 0 Å². The Kier molecular flexibility index (Phi) is 2.34. The van der Waals surface area contributed by atoms with E-state index < -0.39 is 16.1 Å². The lowest BCUT2D eigenvalue weighted by Gasteiger charge is -2.31. The highest BCUT2D eigenvalue weighted by molar-refractivity contribution is 7.90. The van der Waals surface area contributed by atoms with Gasteiger partial charge in [-0.25, -0.2) is 8.42 Å². The number of hydrogen-bond acceptors (Lipinski definition) is 4. The molecule has 1 saturated heterocycles. The number of nitrogens with zero attached hydrogens (tertiary/aromatic N) is 1. The van der Waals surface area contributed by atoms with Crippen LogP contribution in [0.3, 0.4) is 0 Å². The lowest BCUT2D eigenvalue weighted by atomic mass is 9.90. The molecule has 1 aliphatic carbocycles. The summed E-state index contributed by atoms with van der Waals surface area (Å²) in [5.41, 5.74) is 0. The van der Waals surface area contributed by atoms with E-state index >= 15 is 0 Å². The van der Waals surface area contributed by atoms with Gasteiger partial charge in [0.2, 0.25) is 10.0 Å². The van der Waals surface area contributed by atoms with Crippen LogP contribution in [-0.2, 0) is 14.8 Å². The molecule has 4 atom stereocenters. The summed E-state index contributed by atoms with van der Waals surface area (Å²) < 4.78 is 29.9.